The van der Waals surface area contributed by atoms with E-state index >= 15 is 0 Å². The van der Waals surface area contributed by atoms with E-state index in [2.05, 4.69) is 10.1 Å². The van der Waals surface area contributed by atoms with Gasteiger partial charge in [-0.2, -0.15) is 0 Å². The third kappa shape index (κ3) is 3.14. The summed E-state index contributed by atoms with van der Waals surface area (Å²) in [6.07, 6.45) is 4.17. The number of hydrogen-bond donors (Lipinski definition) is 1. The Morgan fingerprint density at radius 1 is 1.50 bits per heavy atom. The van der Waals surface area contributed by atoms with Gasteiger partial charge in [0.2, 0.25) is 0 Å². The minimum absolute atomic E-state index is 0.356. The van der Waals surface area contributed by atoms with Crippen molar-refractivity contribution in [3.63, 3.8) is 0 Å². The van der Waals surface area contributed by atoms with Gasteiger partial charge in [0, 0.05) is 37.5 Å². The molecule has 0 radical (unpaired) electrons. The Morgan fingerprint density at radius 2 is 2.30 bits per heavy atom. The van der Waals surface area contributed by atoms with Crippen LogP contribution in [0.25, 0.3) is 0 Å². The highest BCUT2D eigenvalue weighted by Gasteiger charge is 2.09. The van der Waals surface area contributed by atoms with Crippen LogP contribution >= 0.6 is 0 Å². The van der Waals surface area contributed by atoms with Crippen molar-refractivity contribution in [1.29, 1.82) is 0 Å². The molecule has 6 heteroatoms. The van der Waals surface area contributed by atoms with Crippen LogP contribution in [-0.4, -0.2) is 27.1 Å². The molecule has 0 aliphatic heterocycles. The first-order valence-corrected chi connectivity index (χ1v) is 6.19. The van der Waals surface area contributed by atoms with E-state index in [4.69, 9.17) is 9.94 Å². The zero-order valence-corrected chi connectivity index (χ0v) is 11.4. The molecule has 2 rings (SSSR count). The average molecular weight is 277 g/mol. The van der Waals surface area contributed by atoms with Gasteiger partial charge >= 0.3 is 0 Å². The molecule has 0 saturated carbocycles. The molecule has 0 amide bonds. The Hall–Kier alpha value is -2.37. The molecular formula is C14H16FN3O2. The van der Waals surface area contributed by atoms with E-state index in [1.165, 1.54) is 18.2 Å². The second-order valence-corrected chi connectivity index (χ2v) is 4.38. The third-order valence-corrected chi connectivity index (χ3v) is 2.99. The molecule has 0 atom stereocenters. The fourth-order valence-electron chi connectivity index (χ4n) is 1.86. The van der Waals surface area contributed by atoms with Crippen LogP contribution in [0.15, 0.2) is 35.7 Å². The highest BCUT2D eigenvalue weighted by molar-refractivity contribution is 6.00. The molecule has 0 unspecified atom stereocenters. The molecule has 2 aromatic rings. The van der Waals surface area contributed by atoms with Crippen molar-refractivity contribution < 1.29 is 14.3 Å². The molecular weight excluding hydrogens is 261 g/mol. The lowest BCUT2D eigenvalue weighted by Gasteiger charge is -2.11. The van der Waals surface area contributed by atoms with Crippen molar-refractivity contribution in [2.24, 2.45) is 12.2 Å². The molecule has 0 saturated heterocycles. The van der Waals surface area contributed by atoms with E-state index in [0.29, 0.717) is 30.1 Å². The highest BCUT2D eigenvalue weighted by Crippen LogP contribution is 2.21. The SMILES string of the molecule is C/C(=N/O)c1ccc(F)cc1OCCc1nccn1C. The van der Waals surface area contributed by atoms with Crippen LogP contribution in [0.5, 0.6) is 5.75 Å². The van der Waals surface area contributed by atoms with Crippen LogP contribution in [0.2, 0.25) is 0 Å². The van der Waals surface area contributed by atoms with Gasteiger partial charge in [-0.1, -0.05) is 5.16 Å². The Morgan fingerprint density at radius 3 is 2.95 bits per heavy atom. The van der Waals surface area contributed by atoms with Gasteiger partial charge in [0.25, 0.3) is 0 Å². The number of hydrogen-bond acceptors (Lipinski definition) is 4. The molecule has 106 valence electrons. The van der Waals surface area contributed by atoms with E-state index in [9.17, 15) is 4.39 Å². The number of aryl methyl sites for hydroxylation is 1. The summed E-state index contributed by atoms with van der Waals surface area (Å²) in [5.74, 6) is 0.844. The van der Waals surface area contributed by atoms with Crippen LogP contribution in [0.4, 0.5) is 4.39 Å². The van der Waals surface area contributed by atoms with Gasteiger partial charge in [0.05, 0.1) is 12.3 Å². The van der Waals surface area contributed by atoms with Gasteiger partial charge in [-0.3, -0.25) is 0 Å². The maximum absolute atomic E-state index is 13.3. The lowest BCUT2D eigenvalue weighted by Crippen LogP contribution is -2.09. The number of ether oxygens (including phenoxy) is 1. The number of benzene rings is 1. The molecule has 1 N–H and O–H groups in total. The number of rotatable bonds is 5. The zero-order valence-electron chi connectivity index (χ0n) is 11.4. The van der Waals surface area contributed by atoms with Crippen molar-refractivity contribution in [3.8, 4) is 5.75 Å². The first-order valence-electron chi connectivity index (χ1n) is 6.19. The summed E-state index contributed by atoms with van der Waals surface area (Å²) < 4.78 is 20.8. The van der Waals surface area contributed by atoms with Crippen molar-refractivity contribution >= 4 is 5.71 Å². The van der Waals surface area contributed by atoms with Crippen molar-refractivity contribution in [2.75, 3.05) is 6.61 Å². The largest absolute Gasteiger partial charge is 0.492 e. The molecule has 20 heavy (non-hydrogen) atoms. The fraction of sp³-hybridized carbons (Fsp3) is 0.286. The minimum Gasteiger partial charge on any atom is -0.492 e. The summed E-state index contributed by atoms with van der Waals surface area (Å²) in [4.78, 5) is 4.18. The Balaban J connectivity index is 2.09. The maximum Gasteiger partial charge on any atom is 0.131 e. The summed E-state index contributed by atoms with van der Waals surface area (Å²) in [7, 11) is 1.90. The van der Waals surface area contributed by atoms with Gasteiger partial charge in [-0.05, 0) is 19.1 Å². The quantitative estimate of drug-likeness (QED) is 0.518. The van der Waals surface area contributed by atoms with Gasteiger partial charge < -0.3 is 14.5 Å². The zero-order chi connectivity index (χ0) is 14.5. The first-order chi connectivity index (χ1) is 9.61. The van der Waals surface area contributed by atoms with E-state index in [0.717, 1.165) is 5.82 Å². The second kappa shape index (κ2) is 6.18. The number of imidazole rings is 1. The van der Waals surface area contributed by atoms with Crippen LogP contribution in [0.1, 0.15) is 18.3 Å². The Bertz CT molecular complexity index is 623. The lowest BCUT2D eigenvalue weighted by molar-refractivity contribution is 0.311. The Kier molecular flexibility index (Phi) is 4.34. The molecule has 1 aromatic heterocycles. The Labute approximate surface area is 116 Å². The van der Waals surface area contributed by atoms with E-state index in [1.54, 1.807) is 13.1 Å². The van der Waals surface area contributed by atoms with E-state index in [-0.39, 0.29) is 0 Å². The highest BCUT2D eigenvalue weighted by atomic mass is 19.1. The topological polar surface area (TPSA) is 59.6 Å². The number of nitrogens with zero attached hydrogens (tertiary/aromatic N) is 3. The predicted octanol–water partition coefficient (Wildman–Crippen LogP) is 2.38. The average Bonchev–Trinajstić information content (AvgIpc) is 2.84. The number of oxime groups is 1. The van der Waals surface area contributed by atoms with Crippen LogP contribution in [-0.2, 0) is 13.5 Å². The molecule has 0 fully saturated rings. The lowest BCUT2D eigenvalue weighted by atomic mass is 10.1. The molecule has 5 nitrogen and oxygen atoms in total. The summed E-state index contributed by atoms with van der Waals surface area (Å²) in [5, 5.41) is 11.9. The van der Waals surface area contributed by atoms with E-state index in [1.807, 2.05) is 17.8 Å². The minimum atomic E-state index is -0.397. The van der Waals surface area contributed by atoms with Gasteiger partial charge in [-0.25, -0.2) is 9.37 Å². The van der Waals surface area contributed by atoms with Crippen molar-refractivity contribution in [3.05, 3.63) is 47.8 Å². The summed E-state index contributed by atoms with van der Waals surface area (Å²) in [6, 6.07) is 4.11. The van der Waals surface area contributed by atoms with Crippen LogP contribution in [0, 0.1) is 5.82 Å². The van der Waals surface area contributed by atoms with E-state index < -0.39 is 5.82 Å². The summed E-state index contributed by atoms with van der Waals surface area (Å²) in [6.45, 7) is 1.98. The smallest absolute Gasteiger partial charge is 0.131 e. The summed E-state index contributed by atoms with van der Waals surface area (Å²) >= 11 is 0. The molecule has 0 spiro atoms. The number of aromatic nitrogens is 2. The maximum atomic E-state index is 13.3. The van der Waals surface area contributed by atoms with Gasteiger partial charge in [0.1, 0.15) is 17.4 Å². The predicted molar refractivity (Wildman–Crippen MR) is 72.8 cm³/mol. The third-order valence-electron chi connectivity index (χ3n) is 2.99. The molecule has 0 bridgehead atoms. The monoisotopic (exact) mass is 277 g/mol. The standard InChI is InChI=1S/C14H16FN3O2/c1-10(17-19)12-4-3-11(15)9-13(12)20-8-5-14-16-6-7-18(14)2/h3-4,6-7,9,19H,5,8H2,1-2H3/b17-10-. The molecule has 0 aliphatic carbocycles. The molecule has 1 heterocycles. The van der Waals surface area contributed by atoms with Crippen LogP contribution < -0.4 is 4.74 Å². The second-order valence-electron chi connectivity index (χ2n) is 4.38. The molecule has 1 aromatic carbocycles. The summed E-state index contributed by atoms with van der Waals surface area (Å²) in [5.41, 5.74) is 0.936. The van der Waals surface area contributed by atoms with Crippen molar-refractivity contribution in [2.45, 2.75) is 13.3 Å². The number of halogens is 1. The normalized spacial score (nSPS) is 11.7. The van der Waals surface area contributed by atoms with Gasteiger partial charge in [0.15, 0.2) is 0 Å². The van der Waals surface area contributed by atoms with Crippen molar-refractivity contribution in [1.82, 2.24) is 9.55 Å². The molecule has 0 aliphatic rings. The first kappa shape index (κ1) is 14.0. The van der Waals surface area contributed by atoms with Crippen LogP contribution in [0.3, 0.4) is 0 Å². The fourth-order valence-corrected chi connectivity index (χ4v) is 1.86. The van der Waals surface area contributed by atoms with Gasteiger partial charge in [-0.15, -0.1) is 0 Å².